The van der Waals surface area contributed by atoms with Gasteiger partial charge in [0, 0.05) is 18.6 Å². The maximum atomic E-state index is 12.2. The second-order valence-electron chi connectivity index (χ2n) is 4.86. The summed E-state index contributed by atoms with van der Waals surface area (Å²) < 4.78 is 32.4. The summed E-state index contributed by atoms with van der Waals surface area (Å²) in [6.07, 6.45) is 1.72. The highest BCUT2D eigenvalue weighted by atomic mass is 32.2. The number of aliphatic hydroxyl groups is 1. The lowest BCUT2D eigenvalue weighted by Crippen LogP contribution is -2.32. The number of aliphatic hydroxyl groups excluding tert-OH is 1. The van der Waals surface area contributed by atoms with Gasteiger partial charge in [-0.1, -0.05) is 12.1 Å². The molecule has 0 atom stereocenters. The fourth-order valence-electron chi connectivity index (χ4n) is 1.84. The first-order chi connectivity index (χ1) is 9.03. The van der Waals surface area contributed by atoms with Crippen LogP contribution in [0.5, 0.6) is 5.75 Å². The number of hydrogen-bond acceptors (Lipinski definition) is 4. The number of hydrogen-bond donors (Lipinski definition) is 2. The maximum Gasteiger partial charge on any atom is 0.244 e. The Kier molecular flexibility index (Phi) is 4.13. The van der Waals surface area contributed by atoms with E-state index >= 15 is 0 Å². The minimum absolute atomic E-state index is 0.0165. The zero-order valence-electron chi connectivity index (χ0n) is 10.9. The van der Waals surface area contributed by atoms with E-state index in [0.29, 0.717) is 12.4 Å². The van der Waals surface area contributed by atoms with Gasteiger partial charge in [-0.2, -0.15) is 0 Å². The first kappa shape index (κ1) is 14.3. The molecule has 2 N–H and O–H groups in total. The van der Waals surface area contributed by atoms with Crippen LogP contribution in [0, 0.1) is 5.41 Å². The van der Waals surface area contributed by atoms with Crippen molar-refractivity contribution in [2.24, 2.45) is 5.41 Å². The van der Waals surface area contributed by atoms with Crippen LogP contribution in [0.4, 0.5) is 0 Å². The topological polar surface area (TPSA) is 75.6 Å². The average Bonchev–Trinajstić information content (AvgIpc) is 3.18. The zero-order valence-corrected chi connectivity index (χ0v) is 11.7. The van der Waals surface area contributed by atoms with Crippen LogP contribution in [0.15, 0.2) is 29.2 Å². The Morgan fingerprint density at radius 2 is 2.05 bits per heavy atom. The summed E-state index contributed by atoms with van der Waals surface area (Å²) in [7, 11) is -3.60. The quantitative estimate of drug-likeness (QED) is 0.787. The Labute approximate surface area is 113 Å². The first-order valence-corrected chi connectivity index (χ1v) is 7.84. The molecule has 1 fully saturated rings. The molecule has 2 rings (SSSR count). The predicted octanol–water partition coefficient (Wildman–Crippen LogP) is 1.14. The van der Waals surface area contributed by atoms with Crippen molar-refractivity contribution < 1.29 is 18.3 Å². The molecule has 0 amide bonds. The van der Waals surface area contributed by atoms with Gasteiger partial charge in [0.05, 0.1) is 6.61 Å². The van der Waals surface area contributed by atoms with Crippen LogP contribution >= 0.6 is 0 Å². The van der Waals surface area contributed by atoms with Gasteiger partial charge in [0.1, 0.15) is 10.6 Å². The molecule has 1 aliphatic rings. The van der Waals surface area contributed by atoms with E-state index in [0.717, 1.165) is 12.8 Å². The molecule has 0 radical (unpaired) electrons. The fraction of sp³-hybridized carbons (Fsp3) is 0.538. The Balaban J connectivity index is 2.15. The maximum absolute atomic E-state index is 12.2. The highest BCUT2D eigenvalue weighted by Gasteiger charge is 2.42. The van der Waals surface area contributed by atoms with Crippen LogP contribution in [0.25, 0.3) is 0 Å². The molecule has 1 saturated carbocycles. The summed E-state index contributed by atoms with van der Waals surface area (Å²) in [5.41, 5.74) is -0.256. The summed E-state index contributed by atoms with van der Waals surface area (Å²) >= 11 is 0. The number of sulfonamides is 1. The van der Waals surface area contributed by atoms with Crippen molar-refractivity contribution in [2.75, 3.05) is 19.8 Å². The van der Waals surface area contributed by atoms with Crippen molar-refractivity contribution in [3.63, 3.8) is 0 Å². The van der Waals surface area contributed by atoms with Gasteiger partial charge in [-0.05, 0) is 31.9 Å². The fourth-order valence-corrected chi connectivity index (χ4v) is 3.14. The minimum atomic E-state index is -3.60. The Morgan fingerprint density at radius 1 is 1.37 bits per heavy atom. The Bertz CT molecular complexity index is 537. The number of nitrogens with one attached hydrogen (secondary N) is 1. The molecule has 0 unspecified atom stereocenters. The summed E-state index contributed by atoms with van der Waals surface area (Å²) in [4.78, 5) is 0.144. The molecule has 0 saturated heterocycles. The van der Waals surface area contributed by atoms with Crippen LogP contribution in [0.1, 0.15) is 19.8 Å². The van der Waals surface area contributed by atoms with Crippen molar-refractivity contribution in [1.29, 1.82) is 0 Å². The Hall–Kier alpha value is -1.11. The monoisotopic (exact) mass is 285 g/mol. The van der Waals surface area contributed by atoms with E-state index in [4.69, 9.17) is 4.74 Å². The molecule has 5 nitrogen and oxygen atoms in total. The van der Waals surface area contributed by atoms with Crippen LogP contribution in [-0.2, 0) is 10.0 Å². The third kappa shape index (κ3) is 3.26. The van der Waals surface area contributed by atoms with Gasteiger partial charge in [-0.15, -0.1) is 0 Å². The van der Waals surface area contributed by atoms with Gasteiger partial charge in [0.25, 0.3) is 0 Å². The van der Waals surface area contributed by atoms with Gasteiger partial charge in [0.15, 0.2) is 0 Å². The van der Waals surface area contributed by atoms with E-state index in [-0.39, 0.29) is 23.5 Å². The van der Waals surface area contributed by atoms with Gasteiger partial charge in [0.2, 0.25) is 10.0 Å². The molecule has 19 heavy (non-hydrogen) atoms. The molecule has 1 aliphatic carbocycles. The molecule has 0 spiro atoms. The first-order valence-electron chi connectivity index (χ1n) is 6.35. The van der Waals surface area contributed by atoms with Crippen molar-refractivity contribution >= 4 is 10.0 Å². The smallest absolute Gasteiger partial charge is 0.244 e. The molecule has 0 heterocycles. The summed E-state index contributed by atoms with van der Waals surface area (Å²) in [5, 5.41) is 9.20. The van der Waals surface area contributed by atoms with E-state index in [2.05, 4.69) is 4.72 Å². The number of para-hydroxylation sites is 1. The second kappa shape index (κ2) is 5.48. The molecule has 106 valence electrons. The number of ether oxygens (including phenoxy) is 1. The molecule has 0 aromatic heterocycles. The summed E-state index contributed by atoms with van der Waals surface area (Å²) in [6.45, 7) is 2.50. The van der Waals surface area contributed by atoms with E-state index in [1.807, 2.05) is 6.92 Å². The average molecular weight is 285 g/mol. The van der Waals surface area contributed by atoms with Crippen LogP contribution in [-0.4, -0.2) is 33.3 Å². The summed E-state index contributed by atoms with van der Waals surface area (Å²) in [5.74, 6) is 0.353. The van der Waals surface area contributed by atoms with Crippen molar-refractivity contribution in [3.05, 3.63) is 24.3 Å². The van der Waals surface area contributed by atoms with Crippen molar-refractivity contribution in [1.82, 2.24) is 4.72 Å². The lowest BCUT2D eigenvalue weighted by Gasteiger charge is -2.15. The molecular formula is C13H19NO4S. The predicted molar refractivity (Wildman–Crippen MR) is 71.6 cm³/mol. The minimum Gasteiger partial charge on any atom is -0.492 e. The second-order valence-corrected chi connectivity index (χ2v) is 6.60. The molecule has 0 aliphatic heterocycles. The van der Waals surface area contributed by atoms with Crippen LogP contribution in [0.2, 0.25) is 0 Å². The Morgan fingerprint density at radius 3 is 2.63 bits per heavy atom. The van der Waals surface area contributed by atoms with E-state index < -0.39 is 10.0 Å². The molecular weight excluding hydrogens is 266 g/mol. The zero-order chi connectivity index (χ0) is 13.9. The van der Waals surface area contributed by atoms with Crippen molar-refractivity contribution in [3.8, 4) is 5.75 Å². The highest BCUT2D eigenvalue weighted by molar-refractivity contribution is 7.89. The van der Waals surface area contributed by atoms with Crippen LogP contribution in [0.3, 0.4) is 0 Å². The van der Waals surface area contributed by atoms with Crippen molar-refractivity contribution in [2.45, 2.75) is 24.7 Å². The number of benzene rings is 1. The lowest BCUT2D eigenvalue weighted by atomic mass is 10.1. The van der Waals surface area contributed by atoms with Gasteiger partial charge in [-0.3, -0.25) is 0 Å². The van der Waals surface area contributed by atoms with Crippen LogP contribution < -0.4 is 9.46 Å². The third-order valence-corrected chi connectivity index (χ3v) is 4.81. The van der Waals surface area contributed by atoms with E-state index in [9.17, 15) is 13.5 Å². The SMILES string of the molecule is CCOc1ccccc1S(=O)(=O)NCC1(CO)CC1. The normalized spacial score (nSPS) is 17.2. The summed E-state index contributed by atoms with van der Waals surface area (Å²) in [6, 6.07) is 6.55. The molecule has 1 aromatic carbocycles. The van der Waals surface area contributed by atoms with E-state index in [1.165, 1.54) is 6.07 Å². The lowest BCUT2D eigenvalue weighted by molar-refractivity contribution is 0.213. The molecule has 1 aromatic rings. The molecule has 0 bridgehead atoms. The van der Waals surface area contributed by atoms with Gasteiger partial charge >= 0.3 is 0 Å². The van der Waals surface area contributed by atoms with Gasteiger partial charge in [-0.25, -0.2) is 13.1 Å². The van der Waals surface area contributed by atoms with E-state index in [1.54, 1.807) is 18.2 Å². The number of rotatable bonds is 7. The third-order valence-electron chi connectivity index (χ3n) is 3.37. The van der Waals surface area contributed by atoms with Gasteiger partial charge < -0.3 is 9.84 Å². The highest BCUT2D eigenvalue weighted by Crippen LogP contribution is 2.44. The standard InChI is InChI=1S/C13H19NO4S/c1-2-18-11-5-3-4-6-12(11)19(16,17)14-9-13(10-15)7-8-13/h3-6,14-15H,2,7-10H2,1H3. The molecule has 6 heteroatoms. The largest absolute Gasteiger partial charge is 0.492 e.